The normalized spacial score (nSPS) is 23.4. The van der Waals surface area contributed by atoms with Crippen molar-refractivity contribution in [3.05, 3.63) is 17.8 Å². The summed E-state index contributed by atoms with van der Waals surface area (Å²) in [7, 11) is 0. The van der Waals surface area contributed by atoms with Gasteiger partial charge in [-0.3, -0.25) is 4.79 Å². The van der Waals surface area contributed by atoms with E-state index >= 15 is 0 Å². The zero-order valence-electron chi connectivity index (χ0n) is 10.1. The van der Waals surface area contributed by atoms with E-state index in [9.17, 15) is 9.18 Å². The van der Waals surface area contributed by atoms with Gasteiger partial charge in [0.25, 0.3) is 0 Å². The molecule has 1 saturated heterocycles. The number of carbonyl (C=O) groups is 1. The maximum Gasteiger partial charge on any atom is 0.325 e. The third-order valence-electron chi connectivity index (χ3n) is 3.20. The largest absolute Gasteiger partial charge is 0.480 e. The molecule has 0 saturated carbocycles. The molecule has 0 radical (unpaired) electrons. The van der Waals surface area contributed by atoms with Crippen LogP contribution in [0.1, 0.15) is 19.0 Å². The minimum absolute atomic E-state index is 0.0550. The first-order valence-electron chi connectivity index (χ1n) is 5.74. The first-order valence-corrected chi connectivity index (χ1v) is 5.74. The number of aliphatic carboxylic acids is 1. The third-order valence-corrected chi connectivity index (χ3v) is 3.20. The fourth-order valence-corrected chi connectivity index (χ4v) is 2.05. The van der Waals surface area contributed by atoms with Gasteiger partial charge in [-0.2, -0.15) is 0 Å². The Hall–Kier alpha value is -1.76. The predicted octanol–water partition coefficient (Wildman–Crippen LogP) is 0.170. The van der Waals surface area contributed by atoms with Crippen molar-refractivity contribution >= 4 is 11.8 Å². The minimum atomic E-state index is -1.33. The number of anilines is 1. The van der Waals surface area contributed by atoms with Gasteiger partial charge in [0.05, 0.1) is 5.69 Å². The molecular weight excluding hydrogens is 239 g/mol. The van der Waals surface area contributed by atoms with Crippen LogP contribution in [0.25, 0.3) is 0 Å². The number of carboxylic acids is 1. The van der Waals surface area contributed by atoms with Crippen LogP contribution in [-0.2, 0) is 11.2 Å². The molecule has 1 aliphatic rings. The van der Waals surface area contributed by atoms with Crippen molar-refractivity contribution < 1.29 is 14.3 Å². The van der Waals surface area contributed by atoms with Crippen molar-refractivity contribution in [2.45, 2.75) is 25.3 Å². The molecule has 1 aliphatic heterocycles. The van der Waals surface area contributed by atoms with Crippen molar-refractivity contribution in [1.82, 2.24) is 9.97 Å². The maximum atomic E-state index is 14.0. The first kappa shape index (κ1) is 12.7. The Balaban J connectivity index is 2.27. The highest BCUT2D eigenvalue weighted by molar-refractivity contribution is 5.80. The average molecular weight is 254 g/mol. The molecule has 1 atom stereocenters. The Labute approximate surface area is 104 Å². The van der Waals surface area contributed by atoms with Crippen LogP contribution in [0.3, 0.4) is 0 Å². The van der Waals surface area contributed by atoms with E-state index in [0.717, 1.165) is 0 Å². The highest BCUT2D eigenvalue weighted by atomic mass is 19.1. The van der Waals surface area contributed by atoms with E-state index in [-0.39, 0.29) is 18.8 Å². The van der Waals surface area contributed by atoms with Crippen LogP contribution < -0.4 is 10.6 Å². The molecule has 98 valence electrons. The second-order valence-electron chi connectivity index (χ2n) is 4.44. The third kappa shape index (κ3) is 2.01. The molecule has 1 fully saturated rings. The highest BCUT2D eigenvalue weighted by Crippen LogP contribution is 2.26. The molecule has 6 nitrogen and oxygen atoms in total. The molecule has 0 spiro atoms. The lowest BCUT2D eigenvalue weighted by atomic mass is 10.0. The molecule has 2 rings (SSSR count). The average Bonchev–Trinajstić information content (AvgIpc) is 2.73. The van der Waals surface area contributed by atoms with E-state index < -0.39 is 17.3 Å². The molecule has 0 amide bonds. The number of aryl methyl sites for hydroxylation is 1. The van der Waals surface area contributed by atoms with Crippen LogP contribution in [0.4, 0.5) is 10.2 Å². The summed E-state index contributed by atoms with van der Waals surface area (Å²) in [5.74, 6) is -1.43. The fourth-order valence-electron chi connectivity index (χ4n) is 2.05. The molecule has 0 aromatic carbocycles. The molecule has 0 bridgehead atoms. The second kappa shape index (κ2) is 4.49. The van der Waals surface area contributed by atoms with Gasteiger partial charge in [0.2, 0.25) is 0 Å². The van der Waals surface area contributed by atoms with Gasteiger partial charge in [-0.15, -0.1) is 0 Å². The molecule has 0 aliphatic carbocycles. The van der Waals surface area contributed by atoms with Crippen LogP contribution in [0, 0.1) is 5.82 Å². The Morgan fingerprint density at radius 1 is 1.67 bits per heavy atom. The quantitative estimate of drug-likeness (QED) is 0.798. The van der Waals surface area contributed by atoms with E-state index in [1.807, 2.05) is 0 Å². The molecule has 18 heavy (non-hydrogen) atoms. The molecule has 2 heterocycles. The van der Waals surface area contributed by atoms with E-state index in [0.29, 0.717) is 18.7 Å². The van der Waals surface area contributed by atoms with Crippen molar-refractivity contribution in [3.8, 4) is 0 Å². The zero-order chi connectivity index (χ0) is 13.3. The van der Waals surface area contributed by atoms with Gasteiger partial charge in [-0.05, 0) is 12.8 Å². The van der Waals surface area contributed by atoms with Crippen molar-refractivity contribution in [1.29, 1.82) is 0 Å². The topological polar surface area (TPSA) is 92.3 Å². The minimum Gasteiger partial charge on any atom is -0.480 e. The number of hydrogen-bond donors (Lipinski definition) is 2. The number of rotatable bonds is 3. The molecular formula is C11H15FN4O2. The summed E-state index contributed by atoms with van der Waals surface area (Å²) >= 11 is 0. The molecule has 1 aromatic rings. The molecule has 1 unspecified atom stereocenters. The molecule has 7 heteroatoms. The molecule has 1 aromatic heterocycles. The Bertz CT molecular complexity index is 482. The first-order chi connectivity index (χ1) is 8.48. The lowest BCUT2D eigenvalue weighted by molar-refractivity contribution is -0.142. The van der Waals surface area contributed by atoms with E-state index in [4.69, 9.17) is 10.8 Å². The van der Waals surface area contributed by atoms with Crippen LogP contribution in [-0.4, -0.2) is 39.7 Å². The monoisotopic (exact) mass is 254 g/mol. The highest BCUT2D eigenvalue weighted by Gasteiger charge is 2.42. The lowest BCUT2D eigenvalue weighted by Gasteiger charge is -2.21. The van der Waals surface area contributed by atoms with Gasteiger partial charge in [-0.25, -0.2) is 14.4 Å². The maximum absolute atomic E-state index is 14.0. The number of nitrogens with zero attached hydrogens (tertiary/aromatic N) is 3. The zero-order valence-corrected chi connectivity index (χ0v) is 10.1. The summed E-state index contributed by atoms with van der Waals surface area (Å²) < 4.78 is 14.0. The smallest absolute Gasteiger partial charge is 0.325 e. The fraction of sp³-hybridized carbons (Fsp3) is 0.545. The summed E-state index contributed by atoms with van der Waals surface area (Å²) in [6.07, 6.45) is 2.02. The number of aromatic nitrogens is 2. The second-order valence-corrected chi connectivity index (χ2v) is 4.44. The Morgan fingerprint density at radius 2 is 2.39 bits per heavy atom. The van der Waals surface area contributed by atoms with Crippen molar-refractivity contribution in [2.24, 2.45) is 5.73 Å². The Kier molecular flexibility index (Phi) is 3.16. The van der Waals surface area contributed by atoms with Crippen molar-refractivity contribution in [3.63, 3.8) is 0 Å². The number of carboxylic acid groups (broad SMARTS) is 1. The molecule has 3 N–H and O–H groups in total. The SMILES string of the molecule is CCc1ncnc(N2CCC(N)(C(=O)O)C2)c1F. The number of hydrogen-bond acceptors (Lipinski definition) is 5. The summed E-state index contributed by atoms with van der Waals surface area (Å²) in [6.45, 7) is 2.23. The van der Waals surface area contributed by atoms with Crippen LogP contribution in [0.15, 0.2) is 6.33 Å². The van der Waals surface area contributed by atoms with Gasteiger partial charge in [0.15, 0.2) is 11.6 Å². The Morgan fingerprint density at radius 3 is 2.94 bits per heavy atom. The summed E-state index contributed by atoms with van der Waals surface area (Å²) in [5, 5.41) is 9.03. The summed E-state index contributed by atoms with van der Waals surface area (Å²) in [5.41, 5.74) is 4.74. The van der Waals surface area contributed by atoms with Gasteiger partial charge >= 0.3 is 5.97 Å². The van der Waals surface area contributed by atoms with Crippen LogP contribution in [0.5, 0.6) is 0 Å². The van der Waals surface area contributed by atoms with Crippen molar-refractivity contribution in [2.75, 3.05) is 18.0 Å². The van der Waals surface area contributed by atoms with Crippen LogP contribution in [0.2, 0.25) is 0 Å². The summed E-state index contributed by atoms with van der Waals surface area (Å²) in [6, 6.07) is 0. The predicted molar refractivity (Wildman–Crippen MR) is 62.8 cm³/mol. The van der Waals surface area contributed by atoms with Gasteiger partial charge in [0.1, 0.15) is 11.9 Å². The van der Waals surface area contributed by atoms with Crippen LogP contribution >= 0.6 is 0 Å². The van der Waals surface area contributed by atoms with E-state index in [1.165, 1.54) is 6.33 Å². The van der Waals surface area contributed by atoms with E-state index in [1.54, 1.807) is 11.8 Å². The number of halogens is 1. The van der Waals surface area contributed by atoms with E-state index in [2.05, 4.69) is 9.97 Å². The van der Waals surface area contributed by atoms with Gasteiger partial charge in [0, 0.05) is 13.1 Å². The standard InChI is InChI=1S/C11H15FN4O2/c1-2-7-8(12)9(15-6-14-7)16-4-3-11(13,5-16)10(17)18/h6H,2-5,13H2,1H3,(H,17,18). The lowest BCUT2D eigenvalue weighted by Crippen LogP contribution is -2.50. The number of nitrogens with two attached hydrogens (primary N) is 1. The van der Waals surface area contributed by atoms with Gasteiger partial charge < -0.3 is 15.7 Å². The summed E-state index contributed by atoms with van der Waals surface area (Å²) in [4.78, 5) is 20.3. The van der Waals surface area contributed by atoms with Gasteiger partial charge in [-0.1, -0.05) is 6.92 Å².